The van der Waals surface area contributed by atoms with Crippen LogP contribution in [0.4, 0.5) is 0 Å². The molecule has 1 aromatic carbocycles. The van der Waals surface area contributed by atoms with Crippen molar-refractivity contribution in [2.45, 2.75) is 38.6 Å². The number of ether oxygens (including phenoxy) is 1. The van der Waals surface area contributed by atoms with Crippen LogP contribution in [0.3, 0.4) is 0 Å². The summed E-state index contributed by atoms with van der Waals surface area (Å²) in [5.41, 5.74) is 2.42. The van der Waals surface area contributed by atoms with Gasteiger partial charge in [0, 0.05) is 13.1 Å². The van der Waals surface area contributed by atoms with Crippen LogP contribution in [-0.2, 0) is 22.4 Å². The first kappa shape index (κ1) is 16.0. The van der Waals surface area contributed by atoms with Gasteiger partial charge in [0.05, 0.1) is 13.2 Å². The topological polar surface area (TPSA) is 49.8 Å². The fourth-order valence-electron chi connectivity index (χ4n) is 2.71. The Morgan fingerprint density at radius 2 is 1.86 bits per heavy atom. The Bertz CT molecular complexity index is 438. The molecule has 116 valence electrons. The fraction of sp³-hybridized carbons (Fsp3) is 0.588. The van der Waals surface area contributed by atoms with Crippen LogP contribution in [0.2, 0.25) is 0 Å². The third-order valence-corrected chi connectivity index (χ3v) is 4.04. The van der Waals surface area contributed by atoms with Gasteiger partial charge < -0.3 is 9.84 Å². The summed E-state index contributed by atoms with van der Waals surface area (Å²) in [5, 5.41) is 9.48. The molecule has 4 nitrogen and oxygen atoms in total. The number of nitrogens with zero attached hydrogens (tertiary/aromatic N) is 1. The average Bonchev–Trinajstić information content (AvgIpc) is 2.52. The van der Waals surface area contributed by atoms with E-state index in [1.807, 2.05) is 4.90 Å². The first-order valence-electron chi connectivity index (χ1n) is 7.83. The molecule has 1 unspecified atom stereocenters. The molecule has 0 spiro atoms. The largest absolute Gasteiger partial charge is 0.480 e. The summed E-state index contributed by atoms with van der Waals surface area (Å²) in [4.78, 5) is 13.5. The van der Waals surface area contributed by atoms with Crippen LogP contribution in [0, 0.1) is 0 Å². The van der Waals surface area contributed by atoms with Crippen molar-refractivity contribution in [1.82, 2.24) is 4.90 Å². The molecule has 4 heteroatoms. The molecule has 0 aliphatic carbocycles. The molecular weight excluding hydrogens is 266 g/mol. The van der Waals surface area contributed by atoms with Crippen LogP contribution in [0.25, 0.3) is 0 Å². The van der Waals surface area contributed by atoms with E-state index in [9.17, 15) is 9.90 Å². The number of carboxylic acid groups (broad SMARTS) is 1. The van der Waals surface area contributed by atoms with Crippen molar-refractivity contribution in [2.24, 2.45) is 0 Å². The van der Waals surface area contributed by atoms with Crippen molar-refractivity contribution < 1.29 is 14.6 Å². The van der Waals surface area contributed by atoms with Gasteiger partial charge >= 0.3 is 5.97 Å². The van der Waals surface area contributed by atoms with Crippen LogP contribution in [0.15, 0.2) is 24.3 Å². The maximum absolute atomic E-state index is 11.5. The number of carboxylic acids is 1. The Morgan fingerprint density at radius 1 is 1.24 bits per heavy atom. The summed E-state index contributed by atoms with van der Waals surface area (Å²) in [5.74, 6) is -0.744. The average molecular weight is 291 g/mol. The summed E-state index contributed by atoms with van der Waals surface area (Å²) in [6.07, 6.45) is 4.05. The van der Waals surface area contributed by atoms with Crippen LogP contribution < -0.4 is 0 Å². The Morgan fingerprint density at radius 3 is 2.43 bits per heavy atom. The van der Waals surface area contributed by atoms with Gasteiger partial charge in [0.1, 0.15) is 6.04 Å². The molecule has 1 fully saturated rings. The third-order valence-electron chi connectivity index (χ3n) is 4.04. The molecule has 0 bridgehead atoms. The zero-order valence-electron chi connectivity index (χ0n) is 12.8. The first-order chi connectivity index (χ1) is 10.2. The highest BCUT2D eigenvalue weighted by atomic mass is 16.5. The quantitative estimate of drug-likeness (QED) is 0.838. The van der Waals surface area contributed by atoms with E-state index in [1.165, 1.54) is 18.4 Å². The predicted molar refractivity (Wildman–Crippen MR) is 82.6 cm³/mol. The lowest BCUT2D eigenvalue weighted by Gasteiger charge is -2.32. The molecular formula is C17H25NO3. The van der Waals surface area contributed by atoms with E-state index in [1.54, 1.807) is 0 Å². The van der Waals surface area contributed by atoms with Crippen LogP contribution in [0.1, 0.15) is 30.9 Å². The highest BCUT2D eigenvalue weighted by molar-refractivity contribution is 5.74. The molecule has 1 N–H and O–H groups in total. The lowest BCUT2D eigenvalue weighted by atomic mass is 10.0. The van der Waals surface area contributed by atoms with E-state index in [-0.39, 0.29) is 0 Å². The minimum Gasteiger partial charge on any atom is -0.480 e. The van der Waals surface area contributed by atoms with Gasteiger partial charge in [0.2, 0.25) is 0 Å². The number of benzene rings is 1. The molecule has 0 amide bonds. The summed E-state index contributed by atoms with van der Waals surface area (Å²) in [7, 11) is 0. The van der Waals surface area contributed by atoms with Crippen molar-refractivity contribution >= 4 is 5.97 Å². The minimum atomic E-state index is -0.744. The maximum atomic E-state index is 11.5. The van der Waals surface area contributed by atoms with E-state index < -0.39 is 12.0 Å². The van der Waals surface area contributed by atoms with Gasteiger partial charge in [0.15, 0.2) is 0 Å². The SMILES string of the molecule is CCCCc1ccc(CC(C(=O)O)N2CCOCC2)cc1. The molecule has 1 aromatic rings. The second-order valence-electron chi connectivity index (χ2n) is 5.63. The molecule has 0 saturated carbocycles. The lowest BCUT2D eigenvalue weighted by molar-refractivity contribution is -0.145. The monoisotopic (exact) mass is 291 g/mol. The highest BCUT2D eigenvalue weighted by Crippen LogP contribution is 2.14. The molecule has 1 aliphatic heterocycles. The van der Waals surface area contributed by atoms with E-state index in [4.69, 9.17) is 4.74 Å². The zero-order chi connectivity index (χ0) is 15.1. The van der Waals surface area contributed by atoms with Crippen molar-refractivity contribution in [3.63, 3.8) is 0 Å². The van der Waals surface area contributed by atoms with Gasteiger partial charge in [-0.1, -0.05) is 37.6 Å². The molecule has 1 aliphatic rings. The number of rotatable bonds is 7. The number of aliphatic carboxylic acids is 1. The lowest BCUT2D eigenvalue weighted by Crippen LogP contribution is -2.48. The molecule has 1 atom stereocenters. The summed E-state index contributed by atoms with van der Waals surface area (Å²) in [6, 6.07) is 7.95. The molecule has 2 rings (SSSR count). The van der Waals surface area contributed by atoms with Crippen molar-refractivity contribution in [3.05, 3.63) is 35.4 Å². The molecule has 21 heavy (non-hydrogen) atoms. The standard InChI is InChI=1S/C17H25NO3/c1-2-3-4-14-5-7-15(8-6-14)13-16(17(19)20)18-9-11-21-12-10-18/h5-8,16H,2-4,9-13H2,1H3,(H,19,20). The minimum absolute atomic E-state index is 0.449. The van der Waals surface area contributed by atoms with Gasteiger partial charge in [-0.15, -0.1) is 0 Å². The first-order valence-corrected chi connectivity index (χ1v) is 7.83. The van der Waals surface area contributed by atoms with E-state index in [2.05, 4.69) is 31.2 Å². The van der Waals surface area contributed by atoms with Crippen molar-refractivity contribution in [3.8, 4) is 0 Å². The maximum Gasteiger partial charge on any atom is 0.321 e. The normalized spacial score (nSPS) is 17.6. The summed E-state index contributed by atoms with van der Waals surface area (Å²) < 4.78 is 5.30. The second kappa shape index (κ2) is 8.15. The molecule has 1 heterocycles. The van der Waals surface area contributed by atoms with Crippen molar-refractivity contribution in [2.75, 3.05) is 26.3 Å². The Balaban J connectivity index is 1.97. The summed E-state index contributed by atoms with van der Waals surface area (Å²) in [6.45, 7) is 4.84. The molecule has 1 saturated heterocycles. The predicted octanol–water partition coefficient (Wildman–Crippen LogP) is 2.36. The number of morpholine rings is 1. The van der Waals surface area contributed by atoms with E-state index >= 15 is 0 Å². The Kier molecular flexibility index (Phi) is 6.21. The van der Waals surface area contributed by atoms with Gasteiger partial charge in [-0.3, -0.25) is 9.69 Å². The number of carbonyl (C=O) groups is 1. The van der Waals surface area contributed by atoms with Gasteiger partial charge in [-0.05, 0) is 30.4 Å². The smallest absolute Gasteiger partial charge is 0.321 e. The number of hydrogen-bond acceptors (Lipinski definition) is 3. The Hall–Kier alpha value is -1.39. The molecule has 0 radical (unpaired) electrons. The van der Waals surface area contributed by atoms with Crippen LogP contribution >= 0.6 is 0 Å². The number of unbranched alkanes of at least 4 members (excludes halogenated alkanes) is 1. The van der Waals surface area contributed by atoms with E-state index in [0.717, 1.165) is 12.0 Å². The number of hydrogen-bond donors (Lipinski definition) is 1. The van der Waals surface area contributed by atoms with Crippen LogP contribution in [0.5, 0.6) is 0 Å². The third kappa shape index (κ3) is 4.83. The highest BCUT2D eigenvalue weighted by Gasteiger charge is 2.27. The fourth-order valence-corrected chi connectivity index (χ4v) is 2.71. The van der Waals surface area contributed by atoms with Crippen molar-refractivity contribution in [1.29, 1.82) is 0 Å². The van der Waals surface area contributed by atoms with E-state index in [0.29, 0.717) is 32.7 Å². The summed E-state index contributed by atoms with van der Waals surface area (Å²) >= 11 is 0. The second-order valence-corrected chi connectivity index (χ2v) is 5.63. The van der Waals surface area contributed by atoms with Gasteiger partial charge in [0.25, 0.3) is 0 Å². The zero-order valence-corrected chi connectivity index (χ0v) is 12.8. The van der Waals surface area contributed by atoms with Crippen LogP contribution in [-0.4, -0.2) is 48.3 Å². The molecule has 0 aromatic heterocycles. The number of aryl methyl sites for hydroxylation is 1. The Labute approximate surface area is 126 Å². The van der Waals surface area contributed by atoms with Gasteiger partial charge in [-0.2, -0.15) is 0 Å². The van der Waals surface area contributed by atoms with Gasteiger partial charge in [-0.25, -0.2) is 0 Å².